The van der Waals surface area contributed by atoms with Gasteiger partial charge >= 0.3 is 5.69 Å². The molecule has 1 aromatic carbocycles. The van der Waals surface area contributed by atoms with Crippen LogP contribution in [0.1, 0.15) is 5.01 Å². The first kappa shape index (κ1) is 14.7. The van der Waals surface area contributed by atoms with Gasteiger partial charge in [-0.15, -0.1) is 16.4 Å². The number of hydrogen-bond acceptors (Lipinski definition) is 4. The Bertz CT molecular complexity index is 1100. The highest BCUT2D eigenvalue weighted by Crippen LogP contribution is 2.25. The lowest BCUT2D eigenvalue weighted by atomic mass is 10.1. The van der Waals surface area contributed by atoms with Gasteiger partial charge in [-0.05, 0) is 30.3 Å². The molecule has 120 valence electrons. The minimum absolute atomic E-state index is 0.0971. The summed E-state index contributed by atoms with van der Waals surface area (Å²) in [5, 5.41) is 6.44. The van der Waals surface area contributed by atoms with E-state index in [0.717, 1.165) is 18.2 Å². The number of pyridine rings is 1. The van der Waals surface area contributed by atoms with Crippen LogP contribution in [0.5, 0.6) is 0 Å². The molecule has 0 aliphatic rings. The number of fused-ring (bicyclic) bond motifs is 1. The lowest BCUT2D eigenvalue weighted by Crippen LogP contribution is -2.21. The summed E-state index contributed by atoms with van der Waals surface area (Å²) < 4.78 is 29.9. The molecule has 0 radical (unpaired) electrons. The maximum atomic E-state index is 13.8. The highest BCUT2D eigenvalue weighted by Gasteiger charge is 2.13. The van der Waals surface area contributed by atoms with E-state index in [4.69, 9.17) is 0 Å². The molecule has 24 heavy (non-hydrogen) atoms. The number of rotatable bonds is 3. The molecule has 0 unspecified atom stereocenters. The van der Waals surface area contributed by atoms with Crippen molar-refractivity contribution < 1.29 is 8.78 Å². The fourth-order valence-corrected chi connectivity index (χ4v) is 3.18. The Morgan fingerprint density at radius 2 is 2.04 bits per heavy atom. The molecule has 0 N–H and O–H groups in total. The standard InChI is InChI=1S/C16H10F2N4OS/c17-10-4-5-12(18)11(7-10)13-9-24-15(19-13)8-22-16(23)21-6-2-1-3-14(21)20-22/h1-7,9H,8H2. The molecule has 0 saturated carbocycles. The molecule has 0 bridgehead atoms. The van der Waals surface area contributed by atoms with Gasteiger partial charge in [0.2, 0.25) is 0 Å². The Balaban J connectivity index is 1.69. The topological polar surface area (TPSA) is 52.2 Å². The highest BCUT2D eigenvalue weighted by molar-refractivity contribution is 7.09. The van der Waals surface area contributed by atoms with Gasteiger partial charge in [0.25, 0.3) is 0 Å². The maximum absolute atomic E-state index is 13.8. The second kappa shape index (κ2) is 5.64. The van der Waals surface area contributed by atoms with E-state index in [2.05, 4.69) is 10.1 Å². The molecule has 8 heteroatoms. The van der Waals surface area contributed by atoms with E-state index in [0.29, 0.717) is 16.3 Å². The zero-order valence-corrected chi connectivity index (χ0v) is 13.0. The molecule has 0 amide bonds. The molecule has 0 fully saturated rings. The number of nitrogens with zero attached hydrogens (tertiary/aromatic N) is 4. The third-order valence-corrected chi connectivity index (χ3v) is 4.36. The second-order valence-electron chi connectivity index (χ2n) is 5.12. The zero-order chi connectivity index (χ0) is 16.7. The number of thiazole rings is 1. The van der Waals surface area contributed by atoms with Gasteiger partial charge in [0.1, 0.15) is 16.6 Å². The van der Waals surface area contributed by atoms with Crippen molar-refractivity contribution in [1.29, 1.82) is 0 Å². The summed E-state index contributed by atoms with van der Waals surface area (Å²) in [5.41, 5.74) is 0.693. The minimum atomic E-state index is -0.543. The molecule has 3 aromatic heterocycles. The normalized spacial score (nSPS) is 11.2. The predicted octanol–water partition coefficient (Wildman–Crippen LogP) is 2.95. The summed E-state index contributed by atoms with van der Waals surface area (Å²) in [6.45, 7) is 0.169. The first-order valence-electron chi connectivity index (χ1n) is 7.06. The number of halogens is 2. The van der Waals surface area contributed by atoms with Crippen LogP contribution >= 0.6 is 11.3 Å². The first-order valence-corrected chi connectivity index (χ1v) is 7.94. The molecule has 0 aliphatic heterocycles. The van der Waals surface area contributed by atoms with Crippen LogP contribution in [0.4, 0.5) is 8.78 Å². The van der Waals surface area contributed by atoms with Crippen LogP contribution in [0.25, 0.3) is 16.9 Å². The van der Waals surface area contributed by atoms with Crippen molar-refractivity contribution in [2.75, 3.05) is 0 Å². The van der Waals surface area contributed by atoms with Crippen LogP contribution in [0, 0.1) is 11.6 Å². The van der Waals surface area contributed by atoms with Crippen molar-refractivity contribution in [3.63, 3.8) is 0 Å². The van der Waals surface area contributed by atoms with Gasteiger partial charge in [-0.25, -0.2) is 23.2 Å². The van der Waals surface area contributed by atoms with E-state index in [1.54, 1.807) is 29.8 Å². The smallest absolute Gasteiger partial charge is 0.250 e. The van der Waals surface area contributed by atoms with Crippen LogP contribution in [0.3, 0.4) is 0 Å². The summed E-state index contributed by atoms with van der Waals surface area (Å²) in [7, 11) is 0. The summed E-state index contributed by atoms with van der Waals surface area (Å²) in [4.78, 5) is 16.5. The fraction of sp³-hybridized carbons (Fsp3) is 0.0625. The molecule has 0 atom stereocenters. The second-order valence-corrected chi connectivity index (χ2v) is 6.06. The predicted molar refractivity (Wildman–Crippen MR) is 86.0 cm³/mol. The Morgan fingerprint density at radius 1 is 1.17 bits per heavy atom. The molecule has 5 nitrogen and oxygen atoms in total. The molecule has 0 spiro atoms. The number of benzene rings is 1. The molecular formula is C16H10F2N4OS. The van der Waals surface area contributed by atoms with Crippen LogP contribution in [0.2, 0.25) is 0 Å². The summed E-state index contributed by atoms with van der Waals surface area (Å²) in [6, 6.07) is 8.49. The van der Waals surface area contributed by atoms with Gasteiger partial charge in [-0.2, -0.15) is 0 Å². The van der Waals surface area contributed by atoms with Crippen molar-refractivity contribution in [2.24, 2.45) is 0 Å². The Kier molecular flexibility index (Phi) is 3.46. The van der Waals surface area contributed by atoms with Crippen LogP contribution in [-0.4, -0.2) is 19.2 Å². The summed E-state index contributed by atoms with van der Waals surface area (Å²) in [5.74, 6) is -1.07. The first-order chi connectivity index (χ1) is 11.6. The van der Waals surface area contributed by atoms with E-state index in [1.807, 2.05) is 0 Å². The monoisotopic (exact) mass is 344 g/mol. The van der Waals surface area contributed by atoms with E-state index in [-0.39, 0.29) is 17.8 Å². The van der Waals surface area contributed by atoms with Gasteiger partial charge in [0, 0.05) is 17.1 Å². The minimum Gasteiger partial charge on any atom is -0.250 e. The van der Waals surface area contributed by atoms with E-state index in [1.165, 1.54) is 20.4 Å². The van der Waals surface area contributed by atoms with Gasteiger partial charge in [-0.1, -0.05) is 6.07 Å². The van der Waals surface area contributed by atoms with Crippen molar-refractivity contribution in [3.8, 4) is 11.3 Å². The van der Waals surface area contributed by atoms with Crippen LogP contribution < -0.4 is 5.69 Å². The van der Waals surface area contributed by atoms with E-state index in [9.17, 15) is 13.6 Å². The molecule has 0 saturated heterocycles. The lowest BCUT2D eigenvalue weighted by Gasteiger charge is -1.99. The SMILES string of the molecule is O=c1n(Cc2nc(-c3cc(F)ccc3F)cs2)nc2ccccn12. The van der Waals surface area contributed by atoms with Crippen molar-refractivity contribution in [2.45, 2.75) is 6.54 Å². The van der Waals surface area contributed by atoms with Crippen LogP contribution in [-0.2, 0) is 6.54 Å². The molecular weight excluding hydrogens is 334 g/mol. The largest absolute Gasteiger partial charge is 0.350 e. The molecule has 4 aromatic rings. The lowest BCUT2D eigenvalue weighted by molar-refractivity contribution is 0.602. The van der Waals surface area contributed by atoms with Crippen molar-refractivity contribution in [3.05, 3.63) is 75.1 Å². The quantitative estimate of drug-likeness (QED) is 0.574. The zero-order valence-electron chi connectivity index (χ0n) is 12.2. The summed E-state index contributed by atoms with van der Waals surface area (Å²) in [6.07, 6.45) is 1.64. The van der Waals surface area contributed by atoms with Crippen molar-refractivity contribution in [1.82, 2.24) is 19.2 Å². The van der Waals surface area contributed by atoms with E-state index >= 15 is 0 Å². The van der Waals surface area contributed by atoms with Gasteiger partial charge in [-0.3, -0.25) is 4.40 Å². The third kappa shape index (κ3) is 2.50. The number of hydrogen-bond donors (Lipinski definition) is 0. The molecule has 0 aliphatic carbocycles. The van der Waals surface area contributed by atoms with Gasteiger partial charge in [0.05, 0.1) is 12.2 Å². The Labute approximate surface area is 138 Å². The molecule has 4 rings (SSSR count). The maximum Gasteiger partial charge on any atom is 0.350 e. The Morgan fingerprint density at radius 3 is 2.88 bits per heavy atom. The number of aromatic nitrogens is 4. The Hall–Kier alpha value is -2.87. The highest BCUT2D eigenvalue weighted by atomic mass is 32.1. The summed E-state index contributed by atoms with van der Waals surface area (Å²) >= 11 is 1.26. The average Bonchev–Trinajstić information content (AvgIpc) is 3.16. The van der Waals surface area contributed by atoms with Gasteiger partial charge < -0.3 is 0 Å². The van der Waals surface area contributed by atoms with Crippen LogP contribution in [0.15, 0.2) is 52.8 Å². The van der Waals surface area contributed by atoms with Crippen molar-refractivity contribution >= 4 is 17.0 Å². The fourth-order valence-electron chi connectivity index (χ4n) is 2.40. The third-order valence-electron chi connectivity index (χ3n) is 3.53. The van der Waals surface area contributed by atoms with E-state index < -0.39 is 11.6 Å². The van der Waals surface area contributed by atoms with Gasteiger partial charge in [0.15, 0.2) is 5.65 Å². The average molecular weight is 344 g/mol. The molecule has 3 heterocycles.